The highest BCUT2D eigenvalue weighted by Gasteiger charge is 2.24. The van der Waals surface area contributed by atoms with E-state index in [1.807, 2.05) is 0 Å². The Hall–Kier alpha value is -0.850. The van der Waals surface area contributed by atoms with Gasteiger partial charge in [0.15, 0.2) is 10.0 Å². The summed E-state index contributed by atoms with van der Waals surface area (Å²) in [5.41, 5.74) is 0. The summed E-state index contributed by atoms with van der Waals surface area (Å²) in [6.45, 7) is 1.09. The van der Waals surface area contributed by atoms with E-state index < -0.39 is 5.97 Å². The van der Waals surface area contributed by atoms with Gasteiger partial charge in [0.1, 0.15) is 6.10 Å². The molecule has 15 heavy (non-hydrogen) atoms. The molecule has 1 saturated heterocycles. The minimum Gasteiger partial charge on any atom is -0.465 e. The number of aromatic nitrogens is 1. The van der Waals surface area contributed by atoms with Gasteiger partial charge in [-0.25, -0.2) is 4.79 Å². The summed E-state index contributed by atoms with van der Waals surface area (Å²) in [6.07, 6.45) is 0.0118. The Kier molecular flexibility index (Phi) is 3.08. The Balaban J connectivity index is 2.09. The molecular formula is C8H8ClNO4S. The summed E-state index contributed by atoms with van der Waals surface area (Å²) >= 11 is 6.82. The van der Waals surface area contributed by atoms with Crippen molar-refractivity contribution in [3.8, 4) is 5.19 Å². The normalized spacial score (nSPS) is 15.9. The number of carbonyl (C=O) groups is 1. The van der Waals surface area contributed by atoms with Gasteiger partial charge in [0.2, 0.25) is 0 Å². The van der Waals surface area contributed by atoms with E-state index in [1.165, 1.54) is 7.11 Å². The highest BCUT2D eigenvalue weighted by Crippen LogP contribution is 2.30. The van der Waals surface area contributed by atoms with Crippen LogP contribution in [-0.4, -0.2) is 37.4 Å². The Morgan fingerprint density at radius 1 is 1.67 bits per heavy atom. The zero-order valence-electron chi connectivity index (χ0n) is 7.86. The van der Waals surface area contributed by atoms with Gasteiger partial charge in [-0.2, -0.15) is 4.98 Å². The molecular weight excluding hydrogens is 242 g/mol. The quantitative estimate of drug-likeness (QED) is 0.757. The molecule has 1 aromatic heterocycles. The molecule has 0 aliphatic carbocycles. The molecule has 0 N–H and O–H groups in total. The van der Waals surface area contributed by atoms with E-state index in [4.69, 9.17) is 21.1 Å². The van der Waals surface area contributed by atoms with Gasteiger partial charge in [0.05, 0.1) is 20.3 Å². The minimum absolute atomic E-state index is 0.0118. The summed E-state index contributed by atoms with van der Waals surface area (Å²) in [6, 6.07) is 0. The fourth-order valence-corrected chi connectivity index (χ4v) is 2.09. The number of methoxy groups -OCH3 is 1. The van der Waals surface area contributed by atoms with Gasteiger partial charge < -0.3 is 14.2 Å². The van der Waals surface area contributed by atoms with Crippen molar-refractivity contribution in [3.63, 3.8) is 0 Å². The van der Waals surface area contributed by atoms with Crippen molar-refractivity contribution in [3.05, 3.63) is 10.0 Å². The van der Waals surface area contributed by atoms with E-state index in [1.54, 1.807) is 0 Å². The van der Waals surface area contributed by atoms with Crippen LogP contribution in [0, 0.1) is 0 Å². The first-order valence-corrected chi connectivity index (χ1v) is 5.39. The molecule has 1 aliphatic rings. The first-order chi connectivity index (χ1) is 7.20. The summed E-state index contributed by atoms with van der Waals surface area (Å²) in [5.74, 6) is -0.503. The van der Waals surface area contributed by atoms with Crippen molar-refractivity contribution < 1.29 is 19.0 Å². The van der Waals surface area contributed by atoms with Crippen molar-refractivity contribution in [2.75, 3.05) is 20.3 Å². The third kappa shape index (κ3) is 2.22. The SMILES string of the molecule is COC(=O)c1sc(OC2COC2)nc1Cl. The van der Waals surface area contributed by atoms with Crippen LogP contribution in [-0.2, 0) is 9.47 Å². The van der Waals surface area contributed by atoms with Crippen LogP contribution < -0.4 is 4.74 Å². The third-order valence-corrected chi connectivity index (χ3v) is 3.12. The maximum atomic E-state index is 11.2. The lowest BCUT2D eigenvalue weighted by Gasteiger charge is -2.25. The van der Waals surface area contributed by atoms with Crippen LogP contribution in [0.25, 0.3) is 0 Å². The van der Waals surface area contributed by atoms with Crippen LogP contribution in [0.15, 0.2) is 0 Å². The van der Waals surface area contributed by atoms with Crippen LogP contribution >= 0.6 is 22.9 Å². The number of hydrogen-bond acceptors (Lipinski definition) is 6. The topological polar surface area (TPSA) is 57.7 Å². The van der Waals surface area contributed by atoms with E-state index >= 15 is 0 Å². The van der Waals surface area contributed by atoms with E-state index in [9.17, 15) is 4.79 Å². The van der Waals surface area contributed by atoms with Gasteiger partial charge in [0.25, 0.3) is 5.19 Å². The maximum absolute atomic E-state index is 11.2. The highest BCUT2D eigenvalue weighted by atomic mass is 35.5. The Bertz CT molecular complexity index is 377. The van der Waals surface area contributed by atoms with Gasteiger partial charge in [0, 0.05) is 0 Å². The molecule has 1 aliphatic heterocycles. The van der Waals surface area contributed by atoms with E-state index in [0.29, 0.717) is 18.4 Å². The summed E-state index contributed by atoms with van der Waals surface area (Å²) in [4.78, 5) is 15.4. The molecule has 0 aromatic carbocycles. The fourth-order valence-electron chi connectivity index (χ4n) is 0.977. The summed E-state index contributed by atoms with van der Waals surface area (Å²) in [7, 11) is 1.29. The molecule has 82 valence electrons. The van der Waals surface area contributed by atoms with Crippen molar-refractivity contribution in [2.45, 2.75) is 6.10 Å². The lowest BCUT2D eigenvalue weighted by Crippen LogP contribution is -2.38. The lowest BCUT2D eigenvalue weighted by atomic mass is 10.3. The third-order valence-electron chi connectivity index (χ3n) is 1.81. The predicted octanol–water partition coefficient (Wildman–Crippen LogP) is 1.36. The Morgan fingerprint density at radius 2 is 2.40 bits per heavy atom. The molecule has 2 rings (SSSR count). The van der Waals surface area contributed by atoms with Gasteiger partial charge in [-0.15, -0.1) is 0 Å². The highest BCUT2D eigenvalue weighted by molar-refractivity contribution is 7.15. The van der Waals surface area contributed by atoms with Crippen LogP contribution in [0.3, 0.4) is 0 Å². The van der Waals surface area contributed by atoms with Crippen LogP contribution in [0.1, 0.15) is 9.67 Å². The molecule has 0 radical (unpaired) electrons. The number of hydrogen-bond donors (Lipinski definition) is 0. The van der Waals surface area contributed by atoms with Crippen LogP contribution in [0.4, 0.5) is 0 Å². The molecule has 5 nitrogen and oxygen atoms in total. The molecule has 0 saturated carbocycles. The minimum atomic E-state index is -0.503. The molecule has 0 spiro atoms. The smallest absolute Gasteiger partial charge is 0.351 e. The molecule has 2 heterocycles. The van der Waals surface area contributed by atoms with Crippen molar-refractivity contribution in [1.29, 1.82) is 0 Å². The first kappa shape index (κ1) is 10.7. The van der Waals surface area contributed by atoms with Crippen molar-refractivity contribution in [2.24, 2.45) is 0 Å². The van der Waals surface area contributed by atoms with Crippen LogP contribution in [0.5, 0.6) is 5.19 Å². The number of rotatable bonds is 3. The standard InChI is InChI=1S/C8H8ClNO4S/c1-12-7(11)5-6(9)10-8(15-5)14-4-2-13-3-4/h4H,2-3H2,1H3. The molecule has 0 atom stereocenters. The van der Waals surface area contributed by atoms with Crippen molar-refractivity contribution in [1.82, 2.24) is 4.98 Å². The van der Waals surface area contributed by atoms with E-state index in [0.717, 1.165) is 11.3 Å². The molecule has 1 aromatic rings. The molecule has 0 bridgehead atoms. The number of nitrogens with zero attached hydrogens (tertiary/aromatic N) is 1. The van der Waals surface area contributed by atoms with Gasteiger partial charge in [-0.3, -0.25) is 0 Å². The monoisotopic (exact) mass is 249 g/mol. The van der Waals surface area contributed by atoms with Gasteiger partial charge >= 0.3 is 5.97 Å². The molecule has 0 unspecified atom stereocenters. The Morgan fingerprint density at radius 3 is 2.93 bits per heavy atom. The largest absolute Gasteiger partial charge is 0.465 e. The first-order valence-electron chi connectivity index (χ1n) is 4.19. The molecule has 0 amide bonds. The number of carbonyl (C=O) groups excluding carboxylic acids is 1. The summed E-state index contributed by atoms with van der Waals surface area (Å²) in [5, 5.41) is 0.482. The maximum Gasteiger partial charge on any atom is 0.351 e. The number of ether oxygens (including phenoxy) is 3. The van der Waals surface area contributed by atoms with Crippen molar-refractivity contribution >= 4 is 28.9 Å². The number of esters is 1. The summed E-state index contributed by atoms with van der Waals surface area (Å²) < 4.78 is 14.9. The lowest BCUT2D eigenvalue weighted by molar-refractivity contribution is -0.0797. The number of thiazole rings is 1. The van der Waals surface area contributed by atoms with E-state index in [2.05, 4.69) is 9.72 Å². The molecule has 1 fully saturated rings. The fraction of sp³-hybridized carbons (Fsp3) is 0.500. The second kappa shape index (κ2) is 4.34. The van der Waals surface area contributed by atoms with E-state index in [-0.39, 0.29) is 16.1 Å². The zero-order valence-corrected chi connectivity index (χ0v) is 9.43. The predicted molar refractivity (Wildman–Crippen MR) is 53.7 cm³/mol. The average molecular weight is 250 g/mol. The number of halogens is 1. The van der Waals surface area contributed by atoms with Gasteiger partial charge in [-0.05, 0) is 0 Å². The Labute approximate surface area is 94.9 Å². The van der Waals surface area contributed by atoms with Gasteiger partial charge in [-0.1, -0.05) is 22.9 Å². The van der Waals surface area contributed by atoms with Crippen LogP contribution in [0.2, 0.25) is 5.15 Å². The molecule has 7 heteroatoms. The zero-order chi connectivity index (χ0) is 10.8. The second-order valence-corrected chi connectivity index (χ2v) is 4.19. The second-order valence-electron chi connectivity index (χ2n) is 2.87. The average Bonchev–Trinajstić information content (AvgIpc) is 2.52.